The first-order valence-electron chi connectivity index (χ1n) is 4.74. The molecular weight excluding hydrogens is 226 g/mol. The molecule has 0 amide bonds. The maximum absolute atomic E-state index is 5.95. The lowest BCUT2D eigenvalue weighted by Gasteiger charge is -2.05. The van der Waals surface area contributed by atoms with Crippen LogP contribution in [0.2, 0.25) is 5.02 Å². The van der Waals surface area contributed by atoms with E-state index in [1.807, 2.05) is 25.4 Å². The molecule has 0 aliphatic heterocycles. The molecule has 16 heavy (non-hydrogen) atoms. The number of nitrogen functional groups attached to an aromatic ring is 1. The van der Waals surface area contributed by atoms with Crippen molar-refractivity contribution in [2.24, 2.45) is 7.05 Å². The van der Waals surface area contributed by atoms with Crippen molar-refractivity contribution in [2.75, 3.05) is 12.8 Å². The van der Waals surface area contributed by atoms with Crippen LogP contribution in [0.1, 0.15) is 0 Å². The molecule has 0 saturated heterocycles. The highest BCUT2D eigenvalue weighted by Crippen LogP contribution is 2.31. The predicted octanol–water partition coefficient (Wildman–Crippen LogP) is 2.33. The molecule has 2 aromatic rings. The lowest BCUT2D eigenvalue weighted by molar-refractivity contribution is 0.416. The molecule has 5 heteroatoms. The molecule has 2 N–H and O–H groups in total. The Bertz CT molecular complexity index is 502. The zero-order chi connectivity index (χ0) is 11.7. The van der Waals surface area contributed by atoms with Crippen LogP contribution < -0.4 is 10.5 Å². The molecule has 0 spiro atoms. The zero-order valence-corrected chi connectivity index (χ0v) is 9.82. The third-order valence-corrected chi connectivity index (χ3v) is 2.58. The van der Waals surface area contributed by atoms with Gasteiger partial charge in [0.05, 0.1) is 12.8 Å². The predicted molar refractivity (Wildman–Crippen MR) is 64.6 cm³/mol. The number of hydrogen-bond donors (Lipinski definition) is 1. The van der Waals surface area contributed by atoms with Gasteiger partial charge in [-0.05, 0) is 18.2 Å². The van der Waals surface area contributed by atoms with Crippen LogP contribution >= 0.6 is 11.6 Å². The average molecular weight is 238 g/mol. The second kappa shape index (κ2) is 4.06. The minimum atomic E-state index is 0.456. The molecule has 4 nitrogen and oxygen atoms in total. The van der Waals surface area contributed by atoms with Crippen molar-refractivity contribution in [3.05, 3.63) is 29.4 Å². The van der Waals surface area contributed by atoms with E-state index in [2.05, 4.69) is 4.98 Å². The molecule has 0 unspecified atom stereocenters. The number of aromatic nitrogens is 2. The SMILES string of the molecule is COc1ccc(Cl)cc1-c1cn(C)c(N)n1. The number of imidazole rings is 1. The Morgan fingerprint density at radius 1 is 1.44 bits per heavy atom. The Kier molecular flexibility index (Phi) is 2.75. The minimum Gasteiger partial charge on any atom is -0.496 e. The van der Waals surface area contributed by atoms with E-state index in [-0.39, 0.29) is 0 Å². The maximum Gasteiger partial charge on any atom is 0.200 e. The second-order valence-electron chi connectivity index (χ2n) is 3.44. The molecule has 0 fully saturated rings. The van der Waals surface area contributed by atoms with Crippen molar-refractivity contribution >= 4 is 17.5 Å². The average Bonchev–Trinajstić information content (AvgIpc) is 2.59. The number of benzene rings is 1. The fourth-order valence-electron chi connectivity index (χ4n) is 1.49. The van der Waals surface area contributed by atoms with Crippen LogP contribution in [0, 0.1) is 0 Å². The second-order valence-corrected chi connectivity index (χ2v) is 3.88. The van der Waals surface area contributed by atoms with Gasteiger partial charge in [-0.3, -0.25) is 0 Å². The summed E-state index contributed by atoms with van der Waals surface area (Å²) in [7, 11) is 3.45. The maximum atomic E-state index is 5.95. The largest absolute Gasteiger partial charge is 0.496 e. The van der Waals surface area contributed by atoms with Gasteiger partial charge in [-0.1, -0.05) is 11.6 Å². The molecule has 2 rings (SSSR count). The summed E-state index contributed by atoms with van der Waals surface area (Å²) < 4.78 is 7.00. The highest BCUT2D eigenvalue weighted by atomic mass is 35.5. The molecule has 0 saturated carbocycles. The van der Waals surface area contributed by atoms with Gasteiger partial charge in [0.1, 0.15) is 5.75 Å². The van der Waals surface area contributed by atoms with Crippen molar-refractivity contribution < 1.29 is 4.74 Å². The number of ether oxygens (including phenoxy) is 1. The number of methoxy groups -OCH3 is 1. The van der Waals surface area contributed by atoms with Gasteiger partial charge in [0, 0.05) is 23.8 Å². The van der Waals surface area contributed by atoms with Gasteiger partial charge >= 0.3 is 0 Å². The van der Waals surface area contributed by atoms with Gasteiger partial charge in [-0.2, -0.15) is 0 Å². The van der Waals surface area contributed by atoms with Gasteiger partial charge in [-0.15, -0.1) is 0 Å². The van der Waals surface area contributed by atoms with E-state index in [0.29, 0.717) is 11.0 Å². The summed E-state index contributed by atoms with van der Waals surface area (Å²) in [6, 6.07) is 5.39. The van der Waals surface area contributed by atoms with Crippen LogP contribution in [0.5, 0.6) is 5.75 Å². The minimum absolute atomic E-state index is 0.456. The first kappa shape index (κ1) is 10.8. The van der Waals surface area contributed by atoms with Crippen LogP contribution in [-0.2, 0) is 7.05 Å². The van der Waals surface area contributed by atoms with E-state index in [4.69, 9.17) is 22.1 Å². The van der Waals surface area contributed by atoms with E-state index in [1.54, 1.807) is 17.7 Å². The number of aryl methyl sites for hydroxylation is 1. The van der Waals surface area contributed by atoms with Crippen molar-refractivity contribution in [1.29, 1.82) is 0 Å². The van der Waals surface area contributed by atoms with Crippen molar-refractivity contribution in [1.82, 2.24) is 9.55 Å². The summed E-state index contributed by atoms with van der Waals surface area (Å²) in [6.45, 7) is 0. The Morgan fingerprint density at radius 2 is 2.19 bits per heavy atom. The summed E-state index contributed by atoms with van der Waals surface area (Å²) in [5, 5.41) is 0.639. The van der Waals surface area contributed by atoms with Gasteiger partial charge in [0.25, 0.3) is 0 Å². The topological polar surface area (TPSA) is 53.1 Å². The van der Waals surface area contributed by atoms with E-state index in [1.165, 1.54) is 0 Å². The first-order chi connectivity index (χ1) is 7.61. The summed E-state index contributed by atoms with van der Waals surface area (Å²) in [5.74, 6) is 1.18. The van der Waals surface area contributed by atoms with Gasteiger partial charge in [-0.25, -0.2) is 4.98 Å². The van der Waals surface area contributed by atoms with Crippen molar-refractivity contribution in [3.63, 3.8) is 0 Å². The Labute approximate surface area is 98.6 Å². The number of nitrogens with zero attached hydrogens (tertiary/aromatic N) is 2. The van der Waals surface area contributed by atoms with Crippen LogP contribution in [0.15, 0.2) is 24.4 Å². The number of nitrogens with two attached hydrogens (primary N) is 1. The van der Waals surface area contributed by atoms with Gasteiger partial charge in [0.2, 0.25) is 0 Å². The molecule has 1 aromatic carbocycles. The Balaban J connectivity index is 2.57. The molecule has 1 heterocycles. The molecular formula is C11H12ClN3O. The van der Waals surface area contributed by atoms with Crippen molar-refractivity contribution in [3.8, 4) is 17.0 Å². The summed E-state index contributed by atoms with van der Waals surface area (Å²) in [5.41, 5.74) is 7.27. The fraction of sp³-hybridized carbons (Fsp3) is 0.182. The van der Waals surface area contributed by atoms with Crippen LogP contribution in [-0.4, -0.2) is 16.7 Å². The van der Waals surface area contributed by atoms with Gasteiger partial charge in [0.15, 0.2) is 5.95 Å². The van der Waals surface area contributed by atoms with E-state index in [9.17, 15) is 0 Å². The van der Waals surface area contributed by atoms with E-state index >= 15 is 0 Å². The molecule has 0 bridgehead atoms. The van der Waals surface area contributed by atoms with Crippen LogP contribution in [0.25, 0.3) is 11.3 Å². The zero-order valence-electron chi connectivity index (χ0n) is 9.07. The third-order valence-electron chi connectivity index (χ3n) is 2.35. The number of rotatable bonds is 2. The number of hydrogen-bond acceptors (Lipinski definition) is 3. The first-order valence-corrected chi connectivity index (χ1v) is 5.12. The lowest BCUT2D eigenvalue weighted by atomic mass is 10.1. The lowest BCUT2D eigenvalue weighted by Crippen LogP contribution is -1.94. The monoisotopic (exact) mass is 237 g/mol. The molecule has 0 aliphatic rings. The summed E-state index contributed by atoms with van der Waals surface area (Å²) in [6.07, 6.45) is 1.84. The molecule has 0 radical (unpaired) electrons. The van der Waals surface area contributed by atoms with Crippen LogP contribution in [0.4, 0.5) is 5.95 Å². The molecule has 84 valence electrons. The fourth-order valence-corrected chi connectivity index (χ4v) is 1.66. The molecule has 0 aliphatic carbocycles. The highest BCUT2D eigenvalue weighted by Gasteiger charge is 2.10. The Hall–Kier alpha value is -1.68. The van der Waals surface area contributed by atoms with Crippen LogP contribution in [0.3, 0.4) is 0 Å². The van der Waals surface area contributed by atoms with E-state index in [0.717, 1.165) is 17.0 Å². The summed E-state index contributed by atoms with van der Waals surface area (Å²) >= 11 is 5.95. The number of halogens is 1. The third kappa shape index (κ3) is 1.84. The van der Waals surface area contributed by atoms with Crippen molar-refractivity contribution in [2.45, 2.75) is 0 Å². The van der Waals surface area contributed by atoms with Gasteiger partial charge < -0.3 is 15.0 Å². The molecule has 1 aromatic heterocycles. The normalized spacial score (nSPS) is 10.4. The highest BCUT2D eigenvalue weighted by molar-refractivity contribution is 6.30. The quantitative estimate of drug-likeness (QED) is 0.872. The smallest absolute Gasteiger partial charge is 0.200 e. The van der Waals surface area contributed by atoms with E-state index < -0.39 is 0 Å². The Morgan fingerprint density at radius 3 is 2.75 bits per heavy atom. The standard InChI is InChI=1S/C11H12ClN3O/c1-15-6-9(14-11(15)13)8-5-7(12)3-4-10(8)16-2/h3-6H,1-2H3,(H2,13,14). The number of anilines is 1. The summed E-state index contributed by atoms with van der Waals surface area (Å²) in [4.78, 5) is 4.23. The molecule has 0 atom stereocenters.